The first-order chi connectivity index (χ1) is 7.60. The molecule has 1 aromatic carbocycles. The molecule has 0 bridgehead atoms. The molecule has 0 spiro atoms. The van der Waals surface area contributed by atoms with Crippen molar-refractivity contribution < 1.29 is 4.79 Å². The molecule has 0 aromatic heterocycles. The molecule has 16 heavy (non-hydrogen) atoms. The Morgan fingerprint density at radius 1 is 1.31 bits per heavy atom. The molecule has 0 heterocycles. The summed E-state index contributed by atoms with van der Waals surface area (Å²) in [5.74, 6) is 5.06. The lowest BCUT2D eigenvalue weighted by Gasteiger charge is -2.40. The maximum Gasteiger partial charge on any atom is 0.244 e. The van der Waals surface area contributed by atoms with Crippen molar-refractivity contribution in [1.82, 2.24) is 5.43 Å². The quantitative estimate of drug-likeness (QED) is 0.486. The van der Waals surface area contributed by atoms with Gasteiger partial charge in [-0.1, -0.05) is 35.7 Å². The summed E-state index contributed by atoms with van der Waals surface area (Å²) in [5.41, 5.74) is 2.60. The van der Waals surface area contributed by atoms with E-state index in [2.05, 4.69) is 5.43 Å². The predicted molar refractivity (Wildman–Crippen MR) is 64.3 cm³/mol. The Hall–Kier alpha value is -0.770. The van der Waals surface area contributed by atoms with E-state index in [4.69, 9.17) is 29.0 Å². The van der Waals surface area contributed by atoms with E-state index in [9.17, 15) is 4.79 Å². The van der Waals surface area contributed by atoms with Crippen LogP contribution in [0.25, 0.3) is 0 Å². The van der Waals surface area contributed by atoms with Crippen LogP contribution in [0.1, 0.15) is 24.8 Å². The lowest BCUT2D eigenvalue weighted by atomic mass is 9.64. The molecular weight excluding hydrogens is 247 g/mol. The van der Waals surface area contributed by atoms with E-state index in [0.29, 0.717) is 10.0 Å². The summed E-state index contributed by atoms with van der Waals surface area (Å²) >= 11 is 11.8. The van der Waals surface area contributed by atoms with Gasteiger partial charge in [0.2, 0.25) is 5.91 Å². The minimum absolute atomic E-state index is 0.155. The molecule has 1 fully saturated rings. The Morgan fingerprint density at radius 3 is 2.44 bits per heavy atom. The fraction of sp³-hybridized carbons (Fsp3) is 0.364. The molecule has 1 aromatic rings. The zero-order chi connectivity index (χ0) is 11.8. The van der Waals surface area contributed by atoms with Gasteiger partial charge in [0.05, 0.1) is 15.5 Å². The molecule has 0 aliphatic heterocycles. The number of amides is 1. The summed E-state index contributed by atoms with van der Waals surface area (Å²) in [4.78, 5) is 11.8. The van der Waals surface area contributed by atoms with Crippen molar-refractivity contribution in [2.24, 2.45) is 5.84 Å². The number of hydrogen-bond donors (Lipinski definition) is 2. The average Bonchev–Trinajstić information content (AvgIpc) is 2.21. The number of halogens is 2. The summed E-state index contributed by atoms with van der Waals surface area (Å²) in [6.45, 7) is 0. The van der Waals surface area contributed by atoms with Gasteiger partial charge in [0.15, 0.2) is 0 Å². The van der Waals surface area contributed by atoms with Crippen molar-refractivity contribution in [3.8, 4) is 0 Å². The lowest BCUT2D eigenvalue weighted by Crippen LogP contribution is -2.51. The molecule has 0 atom stereocenters. The molecular formula is C11H12Cl2N2O. The van der Waals surface area contributed by atoms with Crippen LogP contribution in [-0.4, -0.2) is 5.91 Å². The number of carbonyl (C=O) groups excluding carboxylic acids is 1. The second kappa shape index (κ2) is 4.24. The number of hydrogen-bond acceptors (Lipinski definition) is 2. The third-order valence-corrected chi connectivity index (χ3v) is 3.98. The van der Waals surface area contributed by atoms with Gasteiger partial charge in [0, 0.05) is 0 Å². The van der Waals surface area contributed by atoms with Gasteiger partial charge in [0.1, 0.15) is 0 Å². The van der Waals surface area contributed by atoms with Crippen LogP contribution in [0.2, 0.25) is 10.0 Å². The van der Waals surface area contributed by atoms with Crippen LogP contribution in [0.4, 0.5) is 0 Å². The number of hydrazine groups is 1. The molecule has 0 saturated heterocycles. The molecule has 0 radical (unpaired) electrons. The summed E-state index contributed by atoms with van der Waals surface area (Å²) < 4.78 is 0. The Morgan fingerprint density at radius 2 is 2.00 bits per heavy atom. The highest BCUT2D eigenvalue weighted by Gasteiger charge is 2.45. The van der Waals surface area contributed by atoms with E-state index < -0.39 is 5.41 Å². The topological polar surface area (TPSA) is 55.1 Å². The molecule has 1 aliphatic carbocycles. The highest BCUT2D eigenvalue weighted by Crippen LogP contribution is 2.45. The van der Waals surface area contributed by atoms with Gasteiger partial charge >= 0.3 is 0 Å². The Kier molecular flexibility index (Phi) is 3.10. The van der Waals surface area contributed by atoms with Gasteiger partial charge in [-0.2, -0.15) is 0 Å². The monoisotopic (exact) mass is 258 g/mol. The van der Waals surface area contributed by atoms with E-state index in [1.54, 1.807) is 12.1 Å². The molecule has 0 unspecified atom stereocenters. The van der Waals surface area contributed by atoms with E-state index in [0.717, 1.165) is 24.8 Å². The molecule has 5 heteroatoms. The maximum absolute atomic E-state index is 11.8. The first-order valence-corrected chi connectivity index (χ1v) is 5.82. The summed E-state index contributed by atoms with van der Waals surface area (Å²) in [5, 5.41) is 0.961. The minimum atomic E-state index is -0.511. The summed E-state index contributed by atoms with van der Waals surface area (Å²) in [6.07, 6.45) is 2.62. The molecule has 1 saturated carbocycles. The minimum Gasteiger partial charge on any atom is -0.293 e. The van der Waals surface area contributed by atoms with Crippen molar-refractivity contribution in [3.63, 3.8) is 0 Å². The normalized spacial score (nSPS) is 17.7. The van der Waals surface area contributed by atoms with Gasteiger partial charge in [-0.25, -0.2) is 5.84 Å². The summed E-state index contributed by atoms with van der Waals surface area (Å²) in [7, 11) is 0. The highest BCUT2D eigenvalue weighted by molar-refractivity contribution is 6.42. The average molecular weight is 259 g/mol. The van der Waals surface area contributed by atoms with Crippen LogP contribution in [0, 0.1) is 0 Å². The van der Waals surface area contributed by atoms with Gasteiger partial charge in [-0.3, -0.25) is 10.2 Å². The van der Waals surface area contributed by atoms with Crippen molar-refractivity contribution in [1.29, 1.82) is 0 Å². The molecule has 3 nitrogen and oxygen atoms in total. The largest absolute Gasteiger partial charge is 0.293 e. The van der Waals surface area contributed by atoms with Crippen LogP contribution in [0.3, 0.4) is 0 Å². The van der Waals surface area contributed by atoms with E-state index in [-0.39, 0.29) is 5.91 Å². The lowest BCUT2D eigenvalue weighted by molar-refractivity contribution is -0.130. The number of nitrogens with one attached hydrogen (secondary N) is 1. The van der Waals surface area contributed by atoms with Crippen LogP contribution in [0.5, 0.6) is 0 Å². The number of nitrogens with two attached hydrogens (primary N) is 1. The molecule has 2 rings (SSSR count). The van der Waals surface area contributed by atoms with Crippen molar-refractivity contribution in [2.45, 2.75) is 24.7 Å². The molecule has 1 aliphatic rings. The van der Waals surface area contributed by atoms with Gasteiger partial charge < -0.3 is 0 Å². The number of benzene rings is 1. The Bertz CT molecular complexity index is 430. The highest BCUT2D eigenvalue weighted by atomic mass is 35.5. The first-order valence-electron chi connectivity index (χ1n) is 5.07. The van der Waals surface area contributed by atoms with Crippen molar-refractivity contribution >= 4 is 29.1 Å². The first kappa shape index (κ1) is 11.7. The van der Waals surface area contributed by atoms with Gasteiger partial charge in [0.25, 0.3) is 0 Å². The standard InChI is InChI=1S/C11H12Cl2N2O/c12-8-3-2-7(6-9(8)13)11(4-1-5-11)10(16)15-14/h2-3,6H,1,4-5,14H2,(H,15,16). The van der Waals surface area contributed by atoms with Crippen molar-refractivity contribution in [2.75, 3.05) is 0 Å². The smallest absolute Gasteiger partial charge is 0.244 e. The molecule has 3 N–H and O–H groups in total. The van der Waals surface area contributed by atoms with Gasteiger partial charge in [-0.05, 0) is 30.5 Å². The van der Waals surface area contributed by atoms with E-state index in [1.807, 2.05) is 6.07 Å². The van der Waals surface area contributed by atoms with Gasteiger partial charge in [-0.15, -0.1) is 0 Å². The van der Waals surface area contributed by atoms with Crippen LogP contribution >= 0.6 is 23.2 Å². The van der Waals surface area contributed by atoms with E-state index >= 15 is 0 Å². The third-order valence-electron chi connectivity index (χ3n) is 3.25. The fourth-order valence-electron chi connectivity index (χ4n) is 2.11. The van der Waals surface area contributed by atoms with Crippen LogP contribution < -0.4 is 11.3 Å². The predicted octanol–water partition coefficient (Wildman–Crippen LogP) is 2.41. The maximum atomic E-state index is 11.8. The van der Waals surface area contributed by atoms with Crippen LogP contribution in [-0.2, 0) is 10.2 Å². The van der Waals surface area contributed by atoms with Crippen molar-refractivity contribution in [3.05, 3.63) is 33.8 Å². The molecule has 86 valence electrons. The zero-order valence-corrected chi connectivity index (χ0v) is 10.1. The zero-order valence-electron chi connectivity index (χ0n) is 8.59. The Labute approximate surface area is 104 Å². The van der Waals surface area contributed by atoms with E-state index in [1.165, 1.54) is 0 Å². The number of carbonyl (C=O) groups is 1. The fourth-order valence-corrected chi connectivity index (χ4v) is 2.41. The second-order valence-electron chi connectivity index (χ2n) is 4.04. The Balaban J connectivity index is 2.41. The summed E-state index contributed by atoms with van der Waals surface area (Å²) in [6, 6.07) is 5.30. The van der Waals surface area contributed by atoms with Crippen LogP contribution in [0.15, 0.2) is 18.2 Å². The number of rotatable bonds is 2. The SMILES string of the molecule is NNC(=O)C1(c2ccc(Cl)c(Cl)c2)CCC1. The second-order valence-corrected chi connectivity index (χ2v) is 4.85. The molecule has 1 amide bonds. The third kappa shape index (κ3) is 1.69.